The van der Waals surface area contributed by atoms with Gasteiger partial charge in [-0.3, -0.25) is 4.98 Å². The van der Waals surface area contributed by atoms with Gasteiger partial charge < -0.3 is 10.6 Å². The van der Waals surface area contributed by atoms with Crippen molar-refractivity contribution in [2.75, 3.05) is 11.4 Å². The molecule has 0 atom stereocenters. The Morgan fingerprint density at radius 1 is 1.11 bits per heavy atom. The molecule has 0 amide bonds. The van der Waals surface area contributed by atoms with Gasteiger partial charge in [0, 0.05) is 18.8 Å². The van der Waals surface area contributed by atoms with Gasteiger partial charge in [0.05, 0.1) is 17.9 Å². The average molecular weight is 259 g/mol. The van der Waals surface area contributed by atoms with Gasteiger partial charge in [-0.1, -0.05) is 6.07 Å². The minimum atomic E-state index is -0.219. The molecular weight excluding hydrogens is 241 g/mol. The Morgan fingerprint density at radius 3 is 2.42 bits per heavy atom. The molecule has 2 rings (SSSR count). The maximum Gasteiger partial charge on any atom is 0.123 e. The quantitative estimate of drug-likeness (QED) is 0.897. The largest absolute Gasteiger partial charge is 0.366 e. The predicted molar refractivity (Wildman–Crippen MR) is 75.3 cm³/mol. The summed E-state index contributed by atoms with van der Waals surface area (Å²) < 4.78 is 12.9. The van der Waals surface area contributed by atoms with E-state index < -0.39 is 0 Å². The molecule has 0 radical (unpaired) electrons. The van der Waals surface area contributed by atoms with Crippen LogP contribution in [0.1, 0.15) is 18.3 Å². The van der Waals surface area contributed by atoms with Gasteiger partial charge in [0.2, 0.25) is 0 Å². The third kappa shape index (κ3) is 3.51. The van der Waals surface area contributed by atoms with Crippen LogP contribution in [-0.2, 0) is 13.1 Å². The molecule has 3 nitrogen and oxygen atoms in total. The maximum absolute atomic E-state index is 12.9. The molecule has 1 aromatic heterocycles. The molecule has 2 N–H and O–H groups in total. The Hall–Kier alpha value is -1.94. The van der Waals surface area contributed by atoms with Gasteiger partial charge in [0.15, 0.2) is 0 Å². The normalized spacial score (nSPS) is 10.5. The van der Waals surface area contributed by atoms with Gasteiger partial charge in [0.25, 0.3) is 0 Å². The smallest absolute Gasteiger partial charge is 0.123 e. The van der Waals surface area contributed by atoms with E-state index in [1.165, 1.54) is 12.1 Å². The van der Waals surface area contributed by atoms with E-state index in [-0.39, 0.29) is 5.82 Å². The highest BCUT2D eigenvalue weighted by Gasteiger charge is 2.06. The van der Waals surface area contributed by atoms with Crippen molar-refractivity contribution in [2.45, 2.75) is 20.0 Å². The first-order valence-corrected chi connectivity index (χ1v) is 6.38. The van der Waals surface area contributed by atoms with Crippen LogP contribution in [0.2, 0.25) is 0 Å². The second-order valence-corrected chi connectivity index (χ2v) is 4.31. The number of rotatable bonds is 5. The Morgan fingerprint density at radius 2 is 1.79 bits per heavy atom. The SMILES string of the molecule is CCN(Cc1cccc(CN)n1)c1ccc(F)cc1. The summed E-state index contributed by atoms with van der Waals surface area (Å²) in [5.74, 6) is -0.219. The topological polar surface area (TPSA) is 42.1 Å². The molecule has 0 saturated heterocycles. The van der Waals surface area contributed by atoms with Gasteiger partial charge in [-0.05, 0) is 43.3 Å². The summed E-state index contributed by atoms with van der Waals surface area (Å²) in [6.07, 6.45) is 0. The van der Waals surface area contributed by atoms with Crippen molar-refractivity contribution in [3.63, 3.8) is 0 Å². The molecule has 0 fully saturated rings. The third-order valence-corrected chi connectivity index (χ3v) is 3.00. The van der Waals surface area contributed by atoms with E-state index in [9.17, 15) is 4.39 Å². The molecule has 0 unspecified atom stereocenters. The fourth-order valence-corrected chi connectivity index (χ4v) is 1.96. The van der Waals surface area contributed by atoms with Crippen LogP contribution in [0.5, 0.6) is 0 Å². The van der Waals surface area contributed by atoms with E-state index in [1.807, 2.05) is 18.2 Å². The van der Waals surface area contributed by atoms with Crippen molar-refractivity contribution in [3.05, 3.63) is 59.7 Å². The second kappa shape index (κ2) is 6.29. The molecule has 0 aliphatic rings. The van der Waals surface area contributed by atoms with E-state index in [1.54, 1.807) is 12.1 Å². The summed E-state index contributed by atoms with van der Waals surface area (Å²) in [7, 11) is 0. The molecule has 1 heterocycles. The number of benzene rings is 1. The van der Waals surface area contributed by atoms with Gasteiger partial charge in [-0.25, -0.2) is 4.39 Å². The molecule has 4 heteroatoms. The highest BCUT2D eigenvalue weighted by atomic mass is 19.1. The van der Waals surface area contributed by atoms with E-state index >= 15 is 0 Å². The first kappa shape index (κ1) is 13.5. The summed E-state index contributed by atoms with van der Waals surface area (Å²) in [6.45, 7) is 4.03. The van der Waals surface area contributed by atoms with Crippen molar-refractivity contribution in [1.82, 2.24) is 4.98 Å². The molecule has 2 aromatic rings. The maximum atomic E-state index is 12.9. The number of aromatic nitrogens is 1. The third-order valence-electron chi connectivity index (χ3n) is 3.00. The molecule has 0 aliphatic heterocycles. The number of anilines is 1. The summed E-state index contributed by atoms with van der Waals surface area (Å²) >= 11 is 0. The van der Waals surface area contributed by atoms with Crippen molar-refractivity contribution in [1.29, 1.82) is 0 Å². The zero-order valence-electron chi connectivity index (χ0n) is 11.0. The Labute approximate surface area is 112 Å². The van der Waals surface area contributed by atoms with Gasteiger partial charge >= 0.3 is 0 Å². The molecule has 0 bridgehead atoms. The van der Waals surface area contributed by atoms with Crippen LogP contribution in [-0.4, -0.2) is 11.5 Å². The molecule has 100 valence electrons. The first-order chi connectivity index (χ1) is 9.22. The Bertz CT molecular complexity index is 525. The Kier molecular flexibility index (Phi) is 4.47. The number of hydrogen-bond acceptors (Lipinski definition) is 3. The second-order valence-electron chi connectivity index (χ2n) is 4.31. The first-order valence-electron chi connectivity index (χ1n) is 6.38. The fraction of sp³-hybridized carbons (Fsp3) is 0.267. The van der Waals surface area contributed by atoms with E-state index in [4.69, 9.17) is 5.73 Å². The number of nitrogens with two attached hydrogens (primary N) is 1. The van der Waals surface area contributed by atoms with E-state index in [0.717, 1.165) is 23.6 Å². The number of pyridine rings is 1. The van der Waals surface area contributed by atoms with E-state index in [0.29, 0.717) is 13.1 Å². The molecular formula is C15H18FN3. The Balaban J connectivity index is 2.16. The summed E-state index contributed by atoms with van der Waals surface area (Å²) in [6, 6.07) is 12.4. The fourth-order valence-electron chi connectivity index (χ4n) is 1.96. The lowest BCUT2D eigenvalue weighted by atomic mass is 10.2. The predicted octanol–water partition coefficient (Wildman–Crippen LogP) is 2.71. The average Bonchev–Trinajstić information content (AvgIpc) is 2.46. The van der Waals surface area contributed by atoms with Crippen LogP contribution < -0.4 is 10.6 Å². The monoisotopic (exact) mass is 259 g/mol. The van der Waals surface area contributed by atoms with E-state index in [2.05, 4.69) is 16.8 Å². The van der Waals surface area contributed by atoms with Crippen LogP contribution in [0.15, 0.2) is 42.5 Å². The summed E-state index contributed by atoms with van der Waals surface area (Å²) in [4.78, 5) is 6.62. The molecule has 1 aromatic carbocycles. The standard InChI is InChI=1S/C15H18FN3/c1-2-19(15-8-6-12(16)7-9-15)11-14-5-3-4-13(10-17)18-14/h3-9H,2,10-11,17H2,1H3. The number of nitrogens with zero attached hydrogens (tertiary/aromatic N) is 2. The van der Waals surface area contributed by atoms with Gasteiger partial charge in [-0.2, -0.15) is 0 Å². The zero-order chi connectivity index (χ0) is 13.7. The van der Waals surface area contributed by atoms with Crippen LogP contribution in [0.3, 0.4) is 0 Å². The van der Waals surface area contributed by atoms with Crippen molar-refractivity contribution in [3.8, 4) is 0 Å². The molecule has 19 heavy (non-hydrogen) atoms. The van der Waals surface area contributed by atoms with Crippen molar-refractivity contribution in [2.24, 2.45) is 5.73 Å². The highest BCUT2D eigenvalue weighted by Crippen LogP contribution is 2.17. The zero-order valence-corrected chi connectivity index (χ0v) is 11.0. The summed E-state index contributed by atoms with van der Waals surface area (Å²) in [5.41, 5.74) is 8.43. The molecule has 0 spiro atoms. The minimum Gasteiger partial charge on any atom is -0.366 e. The molecule has 0 saturated carbocycles. The number of hydrogen-bond donors (Lipinski definition) is 1. The number of halogens is 1. The van der Waals surface area contributed by atoms with Crippen molar-refractivity contribution >= 4 is 5.69 Å². The summed E-state index contributed by atoms with van der Waals surface area (Å²) in [5, 5.41) is 0. The van der Waals surface area contributed by atoms with Gasteiger partial charge in [0.1, 0.15) is 5.82 Å². The van der Waals surface area contributed by atoms with Crippen LogP contribution >= 0.6 is 0 Å². The highest BCUT2D eigenvalue weighted by molar-refractivity contribution is 5.46. The van der Waals surface area contributed by atoms with Crippen LogP contribution in [0.4, 0.5) is 10.1 Å². The lowest BCUT2D eigenvalue weighted by Crippen LogP contribution is -2.22. The van der Waals surface area contributed by atoms with Crippen LogP contribution in [0, 0.1) is 5.82 Å². The minimum absolute atomic E-state index is 0.219. The van der Waals surface area contributed by atoms with Crippen LogP contribution in [0.25, 0.3) is 0 Å². The van der Waals surface area contributed by atoms with Gasteiger partial charge in [-0.15, -0.1) is 0 Å². The lowest BCUT2D eigenvalue weighted by molar-refractivity contribution is 0.627. The van der Waals surface area contributed by atoms with Crippen molar-refractivity contribution < 1.29 is 4.39 Å². The molecule has 0 aliphatic carbocycles. The lowest BCUT2D eigenvalue weighted by Gasteiger charge is -2.22.